The molecule has 3 aromatic rings. The molecule has 23 heavy (non-hydrogen) atoms. The van der Waals surface area contributed by atoms with E-state index in [1.807, 2.05) is 6.92 Å². The van der Waals surface area contributed by atoms with Crippen molar-refractivity contribution in [3.05, 3.63) is 59.4 Å². The second-order valence-electron chi connectivity index (χ2n) is 5.06. The fourth-order valence-electron chi connectivity index (χ4n) is 2.41. The molecular formula is C16H12ClF3N3. The molecule has 0 unspecified atom stereocenters. The lowest BCUT2D eigenvalue weighted by Gasteiger charge is -2.10. The van der Waals surface area contributed by atoms with Crippen LogP contribution in [0.15, 0.2) is 30.5 Å². The van der Waals surface area contributed by atoms with Crippen LogP contribution in [-0.4, -0.2) is 14.5 Å². The lowest BCUT2D eigenvalue weighted by molar-refractivity contribution is -0.137. The largest absolute Gasteiger partial charge is 0.417 e. The van der Waals surface area contributed by atoms with Crippen molar-refractivity contribution in [2.45, 2.75) is 19.5 Å². The maximum atomic E-state index is 13.0. The smallest absolute Gasteiger partial charge is 0.280 e. The number of halogens is 4. The fraction of sp³-hybridized carbons (Fsp3) is 0.188. The standard InChI is InChI=1S/C16H12ClF3N3/c1-3-14-22-12-6-10(16(18,19)20)11(17)7-13(12)23(14)15-5-4-9(2)8-21-15/h4-8H,2-3H2,1H3. The summed E-state index contributed by atoms with van der Waals surface area (Å²) in [5, 5.41) is -0.359. The number of rotatable bonds is 2. The fourth-order valence-corrected chi connectivity index (χ4v) is 2.67. The summed E-state index contributed by atoms with van der Waals surface area (Å²) in [6.45, 7) is 5.64. The Morgan fingerprint density at radius 3 is 2.57 bits per heavy atom. The van der Waals surface area contributed by atoms with Crippen molar-refractivity contribution >= 4 is 22.6 Å². The summed E-state index contributed by atoms with van der Waals surface area (Å²) < 4.78 is 40.7. The van der Waals surface area contributed by atoms with Gasteiger partial charge in [0.1, 0.15) is 11.6 Å². The van der Waals surface area contributed by atoms with Crippen LogP contribution in [0.5, 0.6) is 0 Å². The van der Waals surface area contributed by atoms with Gasteiger partial charge in [-0.3, -0.25) is 4.57 Å². The Kier molecular flexibility index (Phi) is 3.80. The predicted molar refractivity (Wildman–Crippen MR) is 82.7 cm³/mol. The van der Waals surface area contributed by atoms with Crippen LogP contribution in [0.4, 0.5) is 13.2 Å². The first-order chi connectivity index (χ1) is 10.8. The van der Waals surface area contributed by atoms with E-state index in [-0.39, 0.29) is 10.5 Å². The Balaban J connectivity index is 2.29. The van der Waals surface area contributed by atoms with Gasteiger partial charge < -0.3 is 0 Å². The monoisotopic (exact) mass is 338 g/mol. The highest BCUT2D eigenvalue weighted by Gasteiger charge is 2.34. The SMILES string of the molecule is [CH2]c1ccc(-n2c(CC)nc3cc(C(F)(F)F)c(Cl)cc32)nc1. The zero-order chi connectivity index (χ0) is 16.8. The first kappa shape index (κ1) is 15.8. The first-order valence-corrected chi connectivity index (χ1v) is 7.25. The van der Waals surface area contributed by atoms with Gasteiger partial charge in [0.2, 0.25) is 0 Å². The number of hydrogen-bond donors (Lipinski definition) is 0. The van der Waals surface area contributed by atoms with Gasteiger partial charge in [-0.15, -0.1) is 0 Å². The van der Waals surface area contributed by atoms with E-state index in [0.29, 0.717) is 23.6 Å². The number of pyridine rings is 1. The molecule has 1 aromatic carbocycles. The number of imidazole rings is 1. The minimum Gasteiger partial charge on any atom is -0.280 e. The number of nitrogens with zero attached hydrogens (tertiary/aromatic N) is 3. The molecule has 2 heterocycles. The Morgan fingerprint density at radius 2 is 2.00 bits per heavy atom. The molecule has 0 N–H and O–H groups in total. The average molecular weight is 339 g/mol. The summed E-state index contributed by atoms with van der Waals surface area (Å²) in [5.41, 5.74) is 0.580. The quantitative estimate of drug-likeness (QED) is 0.669. The molecule has 0 amide bonds. The number of fused-ring (bicyclic) bond motifs is 1. The van der Waals surface area contributed by atoms with E-state index >= 15 is 0 Å². The number of alkyl halides is 3. The minimum atomic E-state index is -4.52. The molecule has 0 atom stereocenters. The number of hydrogen-bond acceptors (Lipinski definition) is 2. The molecule has 0 aliphatic rings. The van der Waals surface area contributed by atoms with Crippen LogP contribution < -0.4 is 0 Å². The third-order valence-electron chi connectivity index (χ3n) is 3.47. The van der Waals surface area contributed by atoms with Crippen molar-refractivity contribution in [2.24, 2.45) is 0 Å². The highest BCUT2D eigenvalue weighted by molar-refractivity contribution is 6.32. The van der Waals surface area contributed by atoms with Crippen molar-refractivity contribution < 1.29 is 13.2 Å². The van der Waals surface area contributed by atoms with E-state index in [2.05, 4.69) is 16.9 Å². The number of aromatic nitrogens is 3. The van der Waals surface area contributed by atoms with Crippen LogP contribution in [0, 0.1) is 6.92 Å². The van der Waals surface area contributed by atoms with Gasteiger partial charge in [0.05, 0.1) is 21.6 Å². The van der Waals surface area contributed by atoms with Crippen molar-refractivity contribution in [3.63, 3.8) is 0 Å². The van der Waals surface area contributed by atoms with E-state index in [0.717, 1.165) is 11.6 Å². The second-order valence-corrected chi connectivity index (χ2v) is 5.47. The lowest BCUT2D eigenvalue weighted by Crippen LogP contribution is -2.06. The molecule has 0 fully saturated rings. The summed E-state index contributed by atoms with van der Waals surface area (Å²) in [5.74, 6) is 1.17. The van der Waals surface area contributed by atoms with E-state index in [9.17, 15) is 13.2 Å². The Bertz CT molecular complexity index is 867. The van der Waals surface area contributed by atoms with Crippen molar-refractivity contribution in [1.82, 2.24) is 14.5 Å². The van der Waals surface area contributed by atoms with Crippen LogP contribution in [0.1, 0.15) is 23.9 Å². The van der Waals surface area contributed by atoms with Crippen molar-refractivity contribution in [1.29, 1.82) is 0 Å². The third kappa shape index (κ3) is 2.79. The molecule has 1 radical (unpaired) electrons. The topological polar surface area (TPSA) is 30.7 Å². The zero-order valence-electron chi connectivity index (χ0n) is 12.2. The van der Waals surface area contributed by atoms with Crippen molar-refractivity contribution in [3.8, 4) is 5.82 Å². The molecule has 119 valence electrons. The summed E-state index contributed by atoms with van der Waals surface area (Å²) in [4.78, 5) is 8.57. The Morgan fingerprint density at radius 1 is 1.26 bits per heavy atom. The third-order valence-corrected chi connectivity index (χ3v) is 3.79. The van der Waals surface area contributed by atoms with Gasteiger partial charge in [-0.2, -0.15) is 13.2 Å². The van der Waals surface area contributed by atoms with Gasteiger partial charge in [0, 0.05) is 12.6 Å². The maximum Gasteiger partial charge on any atom is 0.417 e. The number of aryl methyl sites for hydroxylation is 1. The van der Waals surface area contributed by atoms with E-state index in [4.69, 9.17) is 11.6 Å². The van der Waals surface area contributed by atoms with E-state index in [1.165, 1.54) is 6.07 Å². The summed E-state index contributed by atoms with van der Waals surface area (Å²) >= 11 is 5.83. The minimum absolute atomic E-state index is 0.235. The van der Waals surface area contributed by atoms with E-state index in [1.54, 1.807) is 22.9 Å². The molecular weight excluding hydrogens is 327 g/mol. The Labute approximate surface area is 135 Å². The van der Waals surface area contributed by atoms with Crippen LogP contribution in [-0.2, 0) is 12.6 Å². The molecule has 0 saturated carbocycles. The molecule has 3 rings (SSSR count). The highest BCUT2D eigenvalue weighted by atomic mass is 35.5. The first-order valence-electron chi connectivity index (χ1n) is 6.87. The van der Waals surface area contributed by atoms with Gasteiger partial charge >= 0.3 is 6.18 Å². The second kappa shape index (κ2) is 5.53. The predicted octanol–water partition coefficient (Wildman–Crippen LogP) is 4.84. The highest BCUT2D eigenvalue weighted by Crippen LogP contribution is 2.37. The molecule has 0 saturated heterocycles. The Hall–Kier alpha value is -2.08. The van der Waals surface area contributed by atoms with Crippen molar-refractivity contribution in [2.75, 3.05) is 0 Å². The van der Waals surface area contributed by atoms with E-state index < -0.39 is 11.7 Å². The van der Waals surface area contributed by atoms with Crippen LogP contribution in [0.25, 0.3) is 16.9 Å². The molecule has 0 aliphatic carbocycles. The summed E-state index contributed by atoms with van der Waals surface area (Å²) in [7, 11) is 0. The molecule has 2 aromatic heterocycles. The molecule has 0 aliphatic heterocycles. The number of benzene rings is 1. The summed E-state index contributed by atoms with van der Waals surface area (Å²) in [6.07, 6.45) is -2.39. The maximum absolute atomic E-state index is 13.0. The van der Waals surface area contributed by atoms with Gasteiger partial charge in [-0.05, 0) is 30.7 Å². The van der Waals surface area contributed by atoms with Gasteiger partial charge in [-0.25, -0.2) is 9.97 Å². The summed E-state index contributed by atoms with van der Waals surface area (Å²) in [6, 6.07) is 5.78. The normalized spacial score (nSPS) is 12.1. The molecule has 3 nitrogen and oxygen atoms in total. The molecule has 7 heteroatoms. The van der Waals surface area contributed by atoms with Gasteiger partial charge in [-0.1, -0.05) is 24.6 Å². The molecule has 0 spiro atoms. The van der Waals surface area contributed by atoms with Gasteiger partial charge in [0.25, 0.3) is 0 Å². The van der Waals surface area contributed by atoms with Crippen LogP contribution in [0.2, 0.25) is 5.02 Å². The van der Waals surface area contributed by atoms with Crippen LogP contribution in [0.3, 0.4) is 0 Å². The lowest BCUT2D eigenvalue weighted by atomic mass is 10.2. The zero-order valence-corrected chi connectivity index (χ0v) is 12.9. The molecule has 0 bridgehead atoms. The average Bonchev–Trinajstić information content (AvgIpc) is 2.84. The van der Waals surface area contributed by atoms with Gasteiger partial charge in [0.15, 0.2) is 0 Å². The van der Waals surface area contributed by atoms with Crippen LogP contribution >= 0.6 is 11.6 Å².